The zero-order valence-corrected chi connectivity index (χ0v) is 18.4. The molecule has 0 radical (unpaired) electrons. The highest BCUT2D eigenvalue weighted by molar-refractivity contribution is 5.89. The van der Waals surface area contributed by atoms with Gasteiger partial charge < -0.3 is 9.47 Å². The second kappa shape index (κ2) is 17.3. The Morgan fingerprint density at radius 2 is 1.67 bits per heavy atom. The quantitative estimate of drug-likeness (QED) is 0.141. The van der Waals surface area contributed by atoms with Crippen LogP contribution in [-0.2, 0) is 14.3 Å². The van der Waals surface area contributed by atoms with Crippen molar-refractivity contribution in [3.63, 3.8) is 0 Å². The van der Waals surface area contributed by atoms with Crippen LogP contribution in [0.25, 0.3) is 0 Å². The molecular weight excluding hydrogens is 376 g/mol. The van der Waals surface area contributed by atoms with Gasteiger partial charge in [-0.2, -0.15) is 0 Å². The lowest BCUT2D eigenvalue weighted by Crippen LogP contribution is -2.15. The molecule has 0 aliphatic heterocycles. The molecule has 0 amide bonds. The molecule has 0 aliphatic carbocycles. The Labute approximate surface area is 181 Å². The van der Waals surface area contributed by atoms with Crippen LogP contribution in [0.1, 0.15) is 75.1 Å². The van der Waals surface area contributed by atoms with E-state index in [9.17, 15) is 9.59 Å². The van der Waals surface area contributed by atoms with Crippen molar-refractivity contribution in [3.05, 3.63) is 72.4 Å². The largest absolute Gasteiger partial charge is 0.469 e. The molecule has 1 atom stereocenters. The fraction of sp³-hybridized carbons (Fsp3) is 0.462. The van der Waals surface area contributed by atoms with Crippen molar-refractivity contribution >= 4 is 11.9 Å². The van der Waals surface area contributed by atoms with Crippen molar-refractivity contribution < 1.29 is 19.1 Å². The van der Waals surface area contributed by atoms with Gasteiger partial charge in [0.25, 0.3) is 0 Å². The van der Waals surface area contributed by atoms with Gasteiger partial charge in [0.05, 0.1) is 12.7 Å². The summed E-state index contributed by atoms with van der Waals surface area (Å²) in [5, 5.41) is 0. The van der Waals surface area contributed by atoms with Crippen LogP contribution in [0.15, 0.2) is 66.8 Å². The van der Waals surface area contributed by atoms with Crippen LogP contribution in [0.2, 0.25) is 0 Å². The fourth-order valence-corrected chi connectivity index (χ4v) is 2.84. The number of allylic oxidation sites excluding steroid dienone is 5. The standard InChI is InChI=1S/C26H36O4/c1-3-24(30-26(28)23-19-15-14-16-20-23)21-17-12-10-8-6-4-5-7-9-11-13-18-22-25(27)29-2/h4,6,10,12,14-17,19-21,24H,3,5,7-9,11,13,18,22H2,1-2H3/b6-4-,12-10-,21-17+. The minimum Gasteiger partial charge on any atom is -0.469 e. The maximum Gasteiger partial charge on any atom is 0.338 e. The van der Waals surface area contributed by atoms with Crippen molar-refractivity contribution in [2.24, 2.45) is 0 Å². The van der Waals surface area contributed by atoms with Gasteiger partial charge in [-0.25, -0.2) is 4.79 Å². The Morgan fingerprint density at radius 1 is 0.933 bits per heavy atom. The van der Waals surface area contributed by atoms with Gasteiger partial charge in [-0.15, -0.1) is 0 Å². The van der Waals surface area contributed by atoms with Crippen LogP contribution < -0.4 is 0 Å². The number of methoxy groups -OCH3 is 1. The zero-order chi connectivity index (χ0) is 21.9. The van der Waals surface area contributed by atoms with E-state index in [0.717, 1.165) is 32.1 Å². The summed E-state index contributed by atoms with van der Waals surface area (Å²) in [6.07, 6.45) is 20.9. The minimum absolute atomic E-state index is 0.112. The van der Waals surface area contributed by atoms with Crippen LogP contribution in [0.3, 0.4) is 0 Å². The van der Waals surface area contributed by atoms with Crippen LogP contribution in [0.5, 0.6) is 0 Å². The van der Waals surface area contributed by atoms with Crippen molar-refractivity contribution in [1.82, 2.24) is 0 Å². The van der Waals surface area contributed by atoms with E-state index in [4.69, 9.17) is 4.74 Å². The molecule has 0 saturated carbocycles. The summed E-state index contributed by atoms with van der Waals surface area (Å²) in [6, 6.07) is 9.06. The summed E-state index contributed by atoms with van der Waals surface area (Å²) in [5.41, 5.74) is 0.575. The van der Waals surface area contributed by atoms with E-state index in [1.807, 2.05) is 43.4 Å². The number of carbonyl (C=O) groups excluding carboxylic acids is 2. The van der Waals surface area contributed by atoms with E-state index in [2.05, 4.69) is 23.0 Å². The van der Waals surface area contributed by atoms with E-state index in [-0.39, 0.29) is 18.0 Å². The highest BCUT2D eigenvalue weighted by Crippen LogP contribution is 2.09. The molecule has 0 bridgehead atoms. The van der Waals surface area contributed by atoms with Gasteiger partial charge in [0.1, 0.15) is 6.10 Å². The lowest BCUT2D eigenvalue weighted by atomic mass is 10.1. The van der Waals surface area contributed by atoms with Gasteiger partial charge >= 0.3 is 11.9 Å². The number of hydrogen-bond acceptors (Lipinski definition) is 4. The minimum atomic E-state index is -0.289. The molecule has 0 spiro atoms. The molecule has 164 valence electrons. The molecule has 1 rings (SSSR count). The maximum atomic E-state index is 12.1. The number of ether oxygens (including phenoxy) is 2. The molecule has 4 nitrogen and oxygen atoms in total. The van der Waals surface area contributed by atoms with Crippen molar-refractivity contribution in [2.75, 3.05) is 7.11 Å². The number of esters is 2. The van der Waals surface area contributed by atoms with E-state index in [1.165, 1.54) is 26.4 Å². The second-order valence-corrected chi connectivity index (χ2v) is 7.12. The Bertz CT molecular complexity index is 674. The van der Waals surface area contributed by atoms with E-state index < -0.39 is 0 Å². The average molecular weight is 413 g/mol. The molecule has 0 fully saturated rings. The van der Waals surface area contributed by atoms with E-state index in [1.54, 1.807) is 12.1 Å². The number of benzene rings is 1. The molecule has 0 aromatic heterocycles. The summed E-state index contributed by atoms with van der Waals surface area (Å²) in [5.74, 6) is -0.401. The predicted octanol–water partition coefficient (Wildman–Crippen LogP) is 6.58. The summed E-state index contributed by atoms with van der Waals surface area (Å²) in [6.45, 7) is 2.00. The molecular formula is C26H36O4. The molecule has 1 aromatic carbocycles. The molecule has 4 heteroatoms. The predicted molar refractivity (Wildman–Crippen MR) is 122 cm³/mol. The Balaban J connectivity index is 2.10. The van der Waals surface area contributed by atoms with Gasteiger partial charge in [-0.3, -0.25) is 4.79 Å². The third kappa shape index (κ3) is 12.8. The normalized spacial score (nSPS) is 12.6. The lowest BCUT2D eigenvalue weighted by molar-refractivity contribution is -0.140. The maximum absolute atomic E-state index is 12.1. The second-order valence-electron chi connectivity index (χ2n) is 7.12. The van der Waals surface area contributed by atoms with E-state index >= 15 is 0 Å². The first-order valence-electron chi connectivity index (χ1n) is 11.0. The first kappa shape index (κ1) is 25.4. The molecule has 0 heterocycles. The SMILES string of the molecule is CCC(/C=C/C=C\C/C=C\CCCCCCCC(=O)OC)OC(=O)c1ccccc1. The van der Waals surface area contributed by atoms with Gasteiger partial charge in [-0.05, 0) is 50.3 Å². The number of hydrogen-bond donors (Lipinski definition) is 0. The molecule has 0 N–H and O–H groups in total. The first-order chi connectivity index (χ1) is 14.7. The van der Waals surface area contributed by atoms with Gasteiger partial charge in [0.15, 0.2) is 0 Å². The van der Waals surface area contributed by atoms with Crippen molar-refractivity contribution in [1.29, 1.82) is 0 Å². The Hall–Kier alpha value is -2.62. The smallest absolute Gasteiger partial charge is 0.338 e. The first-order valence-corrected chi connectivity index (χ1v) is 11.0. The number of carbonyl (C=O) groups is 2. The molecule has 0 aliphatic rings. The Morgan fingerprint density at radius 3 is 2.40 bits per heavy atom. The highest BCUT2D eigenvalue weighted by Gasteiger charge is 2.11. The third-order valence-electron chi connectivity index (χ3n) is 4.66. The highest BCUT2D eigenvalue weighted by atomic mass is 16.5. The van der Waals surface area contributed by atoms with Gasteiger partial charge in [0, 0.05) is 6.42 Å². The van der Waals surface area contributed by atoms with E-state index in [0.29, 0.717) is 12.0 Å². The lowest BCUT2D eigenvalue weighted by Gasteiger charge is -2.11. The van der Waals surface area contributed by atoms with Crippen LogP contribution in [0, 0.1) is 0 Å². The zero-order valence-electron chi connectivity index (χ0n) is 18.4. The summed E-state index contributed by atoms with van der Waals surface area (Å²) < 4.78 is 10.1. The van der Waals surface area contributed by atoms with Crippen LogP contribution in [-0.4, -0.2) is 25.2 Å². The summed E-state index contributed by atoms with van der Waals surface area (Å²) in [7, 11) is 1.44. The van der Waals surface area contributed by atoms with Crippen LogP contribution in [0.4, 0.5) is 0 Å². The topological polar surface area (TPSA) is 52.6 Å². The average Bonchev–Trinajstić information content (AvgIpc) is 2.78. The molecule has 0 saturated heterocycles. The summed E-state index contributed by atoms with van der Waals surface area (Å²) >= 11 is 0. The van der Waals surface area contributed by atoms with Crippen molar-refractivity contribution in [3.8, 4) is 0 Å². The number of unbranched alkanes of at least 4 members (excludes halogenated alkanes) is 5. The number of rotatable bonds is 15. The van der Waals surface area contributed by atoms with Gasteiger partial charge in [-0.1, -0.05) is 74.8 Å². The summed E-state index contributed by atoms with van der Waals surface area (Å²) in [4.78, 5) is 23.1. The molecule has 1 unspecified atom stereocenters. The fourth-order valence-electron chi connectivity index (χ4n) is 2.84. The third-order valence-corrected chi connectivity index (χ3v) is 4.66. The van der Waals surface area contributed by atoms with Crippen LogP contribution >= 0.6 is 0 Å². The Kier molecular flexibility index (Phi) is 14.6. The van der Waals surface area contributed by atoms with Crippen molar-refractivity contribution in [2.45, 2.75) is 70.8 Å². The molecule has 1 aromatic rings. The monoisotopic (exact) mass is 412 g/mol. The molecule has 30 heavy (non-hydrogen) atoms. The van der Waals surface area contributed by atoms with Gasteiger partial charge in [0.2, 0.25) is 0 Å².